The lowest BCUT2D eigenvalue weighted by Gasteiger charge is -2.19. The van der Waals surface area contributed by atoms with Crippen molar-refractivity contribution in [3.05, 3.63) is 34.4 Å². The summed E-state index contributed by atoms with van der Waals surface area (Å²) in [6, 6.07) is 5.00. The van der Waals surface area contributed by atoms with Crippen LogP contribution in [0.4, 0.5) is 10.5 Å². The molecule has 138 valence electrons. The number of hydrogen-bond donors (Lipinski definition) is 0. The Morgan fingerprint density at radius 3 is 2.28 bits per heavy atom. The Morgan fingerprint density at radius 2 is 1.72 bits per heavy atom. The SMILES string of the molecule is CC(C)(C)OC(=O)CCOCCOC(=O)Oc1ccc([N+](=O)[O-])cc1. The number of esters is 1. The van der Waals surface area contributed by atoms with Gasteiger partial charge in [-0.05, 0) is 32.9 Å². The number of non-ortho nitro benzene ring substituents is 1. The minimum atomic E-state index is -0.954. The van der Waals surface area contributed by atoms with Crippen LogP contribution in [0.25, 0.3) is 0 Å². The first kappa shape index (κ1) is 20.4. The minimum Gasteiger partial charge on any atom is -0.460 e. The number of nitro benzene ring substituents is 1. The molecule has 9 heteroatoms. The smallest absolute Gasteiger partial charge is 0.460 e. The van der Waals surface area contributed by atoms with E-state index in [4.69, 9.17) is 18.9 Å². The van der Waals surface area contributed by atoms with Gasteiger partial charge in [0.1, 0.15) is 18.0 Å². The first-order valence-electron chi connectivity index (χ1n) is 7.56. The predicted octanol–water partition coefficient (Wildman–Crippen LogP) is 2.86. The number of carbonyl (C=O) groups is 2. The summed E-state index contributed by atoms with van der Waals surface area (Å²) in [6.45, 7) is 5.51. The highest BCUT2D eigenvalue weighted by Gasteiger charge is 2.15. The zero-order valence-electron chi connectivity index (χ0n) is 14.4. The first-order chi connectivity index (χ1) is 11.7. The van der Waals surface area contributed by atoms with Crippen LogP contribution in [-0.4, -0.2) is 42.5 Å². The molecule has 0 amide bonds. The monoisotopic (exact) mass is 355 g/mol. The molecule has 0 aromatic heterocycles. The van der Waals surface area contributed by atoms with Crippen molar-refractivity contribution in [3.8, 4) is 5.75 Å². The second-order valence-electron chi connectivity index (χ2n) is 5.90. The maximum atomic E-state index is 11.4. The van der Waals surface area contributed by atoms with Gasteiger partial charge >= 0.3 is 12.1 Å². The summed E-state index contributed by atoms with van der Waals surface area (Å²) in [5.74, 6) is -0.243. The molecule has 0 aliphatic rings. The zero-order valence-corrected chi connectivity index (χ0v) is 14.4. The van der Waals surface area contributed by atoms with Crippen LogP contribution in [0.5, 0.6) is 5.75 Å². The third-order valence-corrected chi connectivity index (χ3v) is 2.57. The molecule has 0 spiro atoms. The molecule has 1 aromatic rings. The standard InChI is InChI=1S/C16H21NO8/c1-16(2,3)25-14(18)8-9-22-10-11-23-15(19)24-13-6-4-12(5-7-13)17(20)21/h4-7H,8-11H2,1-3H3. The van der Waals surface area contributed by atoms with Gasteiger partial charge in [0, 0.05) is 12.1 Å². The molecule has 0 aliphatic heterocycles. The van der Waals surface area contributed by atoms with Crippen molar-refractivity contribution in [2.75, 3.05) is 19.8 Å². The molecule has 0 heterocycles. The average Bonchev–Trinajstić information content (AvgIpc) is 2.49. The van der Waals surface area contributed by atoms with Gasteiger partial charge in [-0.1, -0.05) is 0 Å². The second kappa shape index (κ2) is 9.58. The first-order valence-corrected chi connectivity index (χ1v) is 7.56. The van der Waals surface area contributed by atoms with Crippen molar-refractivity contribution < 1.29 is 33.5 Å². The van der Waals surface area contributed by atoms with Gasteiger partial charge in [0.25, 0.3) is 5.69 Å². The molecule has 25 heavy (non-hydrogen) atoms. The van der Waals surface area contributed by atoms with Gasteiger partial charge in [0.05, 0.1) is 24.6 Å². The normalized spacial score (nSPS) is 10.8. The van der Waals surface area contributed by atoms with E-state index in [1.807, 2.05) is 0 Å². The van der Waals surface area contributed by atoms with Crippen LogP contribution >= 0.6 is 0 Å². The lowest BCUT2D eigenvalue weighted by molar-refractivity contribution is -0.384. The van der Waals surface area contributed by atoms with Crippen LogP contribution in [-0.2, 0) is 19.0 Å². The van der Waals surface area contributed by atoms with Crippen molar-refractivity contribution in [3.63, 3.8) is 0 Å². The summed E-state index contributed by atoms with van der Waals surface area (Å²) in [6.07, 6.45) is -0.852. The Morgan fingerprint density at radius 1 is 1.08 bits per heavy atom. The molecule has 0 bridgehead atoms. The van der Waals surface area contributed by atoms with Gasteiger partial charge in [-0.2, -0.15) is 0 Å². The summed E-state index contributed by atoms with van der Waals surface area (Å²) in [4.78, 5) is 32.8. The molecule has 0 unspecified atom stereocenters. The average molecular weight is 355 g/mol. The fourth-order valence-corrected chi connectivity index (χ4v) is 1.60. The largest absolute Gasteiger partial charge is 0.513 e. The maximum absolute atomic E-state index is 11.4. The Balaban J connectivity index is 2.14. The summed E-state index contributed by atoms with van der Waals surface area (Å²) >= 11 is 0. The Hall–Kier alpha value is -2.68. The van der Waals surface area contributed by atoms with Crippen molar-refractivity contribution in [2.24, 2.45) is 0 Å². The Bertz CT molecular complexity index is 591. The number of hydrogen-bond acceptors (Lipinski definition) is 8. The lowest BCUT2D eigenvalue weighted by Crippen LogP contribution is -2.24. The summed E-state index contributed by atoms with van der Waals surface area (Å²) in [5.41, 5.74) is -0.652. The zero-order chi connectivity index (χ0) is 18.9. The van der Waals surface area contributed by atoms with E-state index in [0.717, 1.165) is 0 Å². The highest BCUT2D eigenvalue weighted by molar-refractivity contribution is 5.69. The fourth-order valence-electron chi connectivity index (χ4n) is 1.60. The third-order valence-electron chi connectivity index (χ3n) is 2.57. The maximum Gasteiger partial charge on any atom is 0.513 e. The molecule has 0 atom stereocenters. The molecule has 9 nitrogen and oxygen atoms in total. The van der Waals surface area contributed by atoms with Gasteiger partial charge in [0.15, 0.2) is 0 Å². The van der Waals surface area contributed by atoms with E-state index in [1.165, 1.54) is 24.3 Å². The number of nitrogens with zero attached hydrogens (tertiary/aromatic N) is 1. The van der Waals surface area contributed by atoms with Gasteiger partial charge in [0.2, 0.25) is 0 Å². The highest BCUT2D eigenvalue weighted by Crippen LogP contribution is 2.17. The number of benzene rings is 1. The van der Waals surface area contributed by atoms with Crippen LogP contribution in [0, 0.1) is 10.1 Å². The van der Waals surface area contributed by atoms with Gasteiger partial charge in [-0.3, -0.25) is 14.9 Å². The van der Waals surface area contributed by atoms with E-state index in [-0.39, 0.29) is 43.6 Å². The van der Waals surface area contributed by atoms with Gasteiger partial charge in [-0.15, -0.1) is 0 Å². The van der Waals surface area contributed by atoms with Gasteiger partial charge in [-0.25, -0.2) is 4.79 Å². The molecule has 0 radical (unpaired) electrons. The number of nitro groups is 1. The fraction of sp³-hybridized carbons (Fsp3) is 0.500. The highest BCUT2D eigenvalue weighted by atomic mass is 16.7. The number of ether oxygens (including phenoxy) is 4. The van der Waals surface area contributed by atoms with Crippen molar-refractivity contribution >= 4 is 17.8 Å². The van der Waals surface area contributed by atoms with E-state index < -0.39 is 16.7 Å². The third kappa shape index (κ3) is 9.26. The van der Waals surface area contributed by atoms with Crippen molar-refractivity contribution in [1.82, 2.24) is 0 Å². The molecule has 0 N–H and O–H groups in total. The Labute approximate surface area is 145 Å². The molecule has 0 fully saturated rings. The van der Waals surface area contributed by atoms with Crippen LogP contribution in [0.1, 0.15) is 27.2 Å². The summed E-state index contributed by atoms with van der Waals surface area (Å²) < 4.78 is 19.9. The lowest BCUT2D eigenvalue weighted by atomic mass is 10.2. The predicted molar refractivity (Wildman–Crippen MR) is 86.4 cm³/mol. The van der Waals surface area contributed by atoms with E-state index in [9.17, 15) is 19.7 Å². The quantitative estimate of drug-likeness (QED) is 0.230. The molecule has 0 aliphatic carbocycles. The van der Waals surface area contributed by atoms with E-state index in [2.05, 4.69) is 0 Å². The molecule has 1 aromatic carbocycles. The molecule has 1 rings (SSSR count). The molecule has 0 saturated carbocycles. The van der Waals surface area contributed by atoms with Crippen LogP contribution < -0.4 is 4.74 Å². The topological polar surface area (TPSA) is 114 Å². The van der Waals surface area contributed by atoms with E-state index in [0.29, 0.717) is 0 Å². The van der Waals surface area contributed by atoms with Gasteiger partial charge < -0.3 is 18.9 Å². The van der Waals surface area contributed by atoms with E-state index in [1.54, 1.807) is 20.8 Å². The van der Waals surface area contributed by atoms with Crippen LogP contribution in [0.3, 0.4) is 0 Å². The van der Waals surface area contributed by atoms with Crippen LogP contribution in [0.2, 0.25) is 0 Å². The number of carbonyl (C=O) groups excluding carboxylic acids is 2. The minimum absolute atomic E-state index is 0.0554. The molecule has 0 saturated heterocycles. The Kier molecular flexibility index (Phi) is 7.80. The van der Waals surface area contributed by atoms with E-state index >= 15 is 0 Å². The van der Waals surface area contributed by atoms with Crippen LogP contribution in [0.15, 0.2) is 24.3 Å². The molecular formula is C16H21NO8. The molecular weight excluding hydrogens is 334 g/mol. The summed E-state index contributed by atoms with van der Waals surface area (Å²) in [7, 11) is 0. The second-order valence-corrected chi connectivity index (χ2v) is 5.90. The van der Waals surface area contributed by atoms with Crippen molar-refractivity contribution in [2.45, 2.75) is 32.8 Å². The summed E-state index contributed by atoms with van der Waals surface area (Å²) in [5, 5.41) is 10.5. The van der Waals surface area contributed by atoms with Crippen molar-refractivity contribution in [1.29, 1.82) is 0 Å². The number of rotatable bonds is 8.